The van der Waals surface area contributed by atoms with E-state index < -0.39 is 5.91 Å². The molecule has 2 atom stereocenters. The second-order valence-corrected chi connectivity index (χ2v) is 8.71. The van der Waals surface area contributed by atoms with Crippen LogP contribution in [0.15, 0.2) is 66.0 Å². The molecule has 1 aromatic heterocycles. The van der Waals surface area contributed by atoms with Gasteiger partial charge in [0.05, 0.1) is 4.88 Å². The van der Waals surface area contributed by atoms with Gasteiger partial charge in [-0.2, -0.15) is 0 Å². The van der Waals surface area contributed by atoms with Crippen molar-refractivity contribution in [3.63, 3.8) is 0 Å². The van der Waals surface area contributed by atoms with Crippen LogP contribution in [0.1, 0.15) is 59.1 Å². The van der Waals surface area contributed by atoms with Crippen molar-refractivity contribution < 1.29 is 14.9 Å². The van der Waals surface area contributed by atoms with Crippen LogP contribution in [0.4, 0.5) is 5.69 Å². The van der Waals surface area contributed by atoms with Gasteiger partial charge in [0.2, 0.25) is 5.91 Å². The molecule has 0 bridgehead atoms. The van der Waals surface area contributed by atoms with Crippen LogP contribution in [0.2, 0.25) is 0 Å². The third-order valence-electron chi connectivity index (χ3n) is 5.14. The maximum absolute atomic E-state index is 12.8. The predicted molar refractivity (Wildman–Crippen MR) is 122 cm³/mol. The summed E-state index contributed by atoms with van der Waals surface area (Å²) in [7, 11) is 0. The molecule has 0 saturated carbocycles. The first kappa shape index (κ1) is 21.7. The standard InChI is InChI=1S/C24H27N3O2S/c1-15(2)17-6-8-18(9-7-17)22(21-5-4-14-30-21)26-16(3)24(29)27-20-12-10-19(11-13-20)23(25)28/h4-16,22,26H,1-3H3,(H2,25,28)(H,27,29)/p+1/t16-,22-/m0/s1. The Kier molecular flexibility index (Phi) is 7.03. The molecule has 30 heavy (non-hydrogen) atoms. The summed E-state index contributed by atoms with van der Waals surface area (Å²) in [4.78, 5) is 25.2. The molecule has 5 nitrogen and oxygen atoms in total. The molecule has 0 unspecified atom stereocenters. The van der Waals surface area contributed by atoms with Gasteiger partial charge in [0.1, 0.15) is 6.04 Å². The summed E-state index contributed by atoms with van der Waals surface area (Å²) >= 11 is 1.69. The Bertz CT molecular complexity index is 980. The summed E-state index contributed by atoms with van der Waals surface area (Å²) in [6.45, 7) is 6.26. The molecule has 2 aromatic carbocycles. The van der Waals surface area contributed by atoms with E-state index in [0.29, 0.717) is 17.2 Å². The first-order chi connectivity index (χ1) is 14.3. The van der Waals surface area contributed by atoms with Crippen molar-refractivity contribution in [2.45, 2.75) is 38.8 Å². The van der Waals surface area contributed by atoms with Gasteiger partial charge < -0.3 is 16.4 Å². The second-order valence-electron chi connectivity index (χ2n) is 7.73. The molecule has 3 rings (SSSR count). The number of benzene rings is 2. The molecule has 5 N–H and O–H groups in total. The lowest BCUT2D eigenvalue weighted by atomic mass is 9.98. The number of hydrogen-bond donors (Lipinski definition) is 3. The molecule has 0 aliphatic rings. The van der Waals surface area contributed by atoms with Gasteiger partial charge in [-0.25, -0.2) is 0 Å². The fourth-order valence-electron chi connectivity index (χ4n) is 3.28. The smallest absolute Gasteiger partial charge is 0.282 e. The van der Waals surface area contributed by atoms with E-state index in [9.17, 15) is 9.59 Å². The van der Waals surface area contributed by atoms with Crippen molar-refractivity contribution in [2.75, 3.05) is 5.32 Å². The molecule has 6 heteroatoms. The molecular formula is C24H28N3O2S+. The number of hydrogen-bond acceptors (Lipinski definition) is 3. The number of nitrogens with two attached hydrogens (primary N) is 2. The fourth-order valence-corrected chi connectivity index (χ4v) is 4.11. The first-order valence-electron chi connectivity index (χ1n) is 10.0. The van der Waals surface area contributed by atoms with Crippen molar-refractivity contribution in [1.82, 2.24) is 0 Å². The molecule has 0 aliphatic carbocycles. The van der Waals surface area contributed by atoms with Crippen LogP contribution in [-0.4, -0.2) is 17.9 Å². The van der Waals surface area contributed by atoms with Crippen LogP contribution in [0.3, 0.4) is 0 Å². The molecule has 3 aromatic rings. The topological polar surface area (TPSA) is 88.8 Å². The lowest BCUT2D eigenvalue weighted by Gasteiger charge is -2.20. The zero-order valence-electron chi connectivity index (χ0n) is 17.5. The van der Waals surface area contributed by atoms with Crippen molar-refractivity contribution in [1.29, 1.82) is 0 Å². The molecule has 0 radical (unpaired) electrons. The van der Waals surface area contributed by atoms with E-state index in [-0.39, 0.29) is 18.0 Å². The van der Waals surface area contributed by atoms with Gasteiger partial charge >= 0.3 is 0 Å². The van der Waals surface area contributed by atoms with Crippen LogP contribution < -0.4 is 16.4 Å². The van der Waals surface area contributed by atoms with Gasteiger partial charge in [-0.3, -0.25) is 9.59 Å². The van der Waals surface area contributed by atoms with Gasteiger partial charge in [0.25, 0.3) is 5.91 Å². The number of amides is 2. The molecule has 156 valence electrons. The fraction of sp³-hybridized carbons (Fsp3) is 0.250. The minimum atomic E-state index is -0.489. The lowest BCUT2D eigenvalue weighted by molar-refractivity contribution is -0.703. The third kappa shape index (κ3) is 5.34. The normalized spacial score (nSPS) is 13.1. The summed E-state index contributed by atoms with van der Waals surface area (Å²) in [6.07, 6.45) is 0. The Hall–Kier alpha value is -2.96. The van der Waals surface area contributed by atoms with Crippen LogP contribution in [0, 0.1) is 0 Å². The van der Waals surface area contributed by atoms with Gasteiger partial charge in [-0.15, -0.1) is 11.3 Å². The summed E-state index contributed by atoms with van der Waals surface area (Å²) in [5.74, 6) is -0.104. The monoisotopic (exact) mass is 422 g/mol. The highest BCUT2D eigenvalue weighted by Gasteiger charge is 2.25. The van der Waals surface area contributed by atoms with Gasteiger partial charge in [-0.1, -0.05) is 44.2 Å². The quantitative estimate of drug-likeness (QED) is 0.517. The van der Waals surface area contributed by atoms with Gasteiger partial charge in [-0.05, 0) is 54.1 Å². The minimum Gasteiger partial charge on any atom is -0.366 e. The highest BCUT2D eigenvalue weighted by molar-refractivity contribution is 7.10. The number of anilines is 1. The predicted octanol–water partition coefficient (Wildman–Crippen LogP) is 3.65. The molecular weight excluding hydrogens is 394 g/mol. The summed E-state index contributed by atoms with van der Waals surface area (Å²) in [5.41, 5.74) is 8.79. The minimum absolute atomic E-state index is 0.0456. The molecule has 0 fully saturated rings. The van der Waals surface area contributed by atoms with E-state index in [4.69, 9.17) is 5.73 Å². The SMILES string of the molecule is CC(C)c1ccc([C@H]([NH2+][C@@H](C)C(=O)Nc2ccc(C(N)=O)cc2)c2cccs2)cc1. The van der Waals surface area contributed by atoms with Gasteiger partial charge in [0.15, 0.2) is 6.04 Å². The van der Waals surface area contributed by atoms with E-state index in [1.165, 1.54) is 16.0 Å². The molecule has 0 aliphatic heterocycles. The number of carbonyl (C=O) groups excluding carboxylic acids is 2. The van der Waals surface area contributed by atoms with E-state index in [2.05, 4.69) is 60.2 Å². The van der Waals surface area contributed by atoms with Crippen molar-refractivity contribution in [3.8, 4) is 0 Å². The zero-order valence-corrected chi connectivity index (χ0v) is 18.3. The average Bonchev–Trinajstić information content (AvgIpc) is 3.26. The van der Waals surface area contributed by atoms with Crippen LogP contribution >= 0.6 is 11.3 Å². The van der Waals surface area contributed by atoms with Crippen molar-refractivity contribution in [2.24, 2.45) is 5.73 Å². The maximum Gasteiger partial charge on any atom is 0.282 e. The Morgan fingerprint density at radius 3 is 2.10 bits per heavy atom. The average molecular weight is 423 g/mol. The van der Waals surface area contributed by atoms with E-state index in [1.54, 1.807) is 35.6 Å². The molecule has 1 heterocycles. The Balaban J connectivity index is 1.73. The molecule has 2 amide bonds. The summed E-state index contributed by atoms with van der Waals surface area (Å²) < 4.78 is 0. The van der Waals surface area contributed by atoms with Crippen molar-refractivity contribution >= 4 is 28.8 Å². The zero-order chi connectivity index (χ0) is 21.7. The van der Waals surface area contributed by atoms with E-state index >= 15 is 0 Å². The van der Waals surface area contributed by atoms with Crippen LogP contribution in [0.5, 0.6) is 0 Å². The highest BCUT2D eigenvalue weighted by atomic mass is 32.1. The lowest BCUT2D eigenvalue weighted by Crippen LogP contribution is -2.92. The Morgan fingerprint density at radius 1 is 0.933 bits per heavy atom. The molecule has 0 saturated heterocycles. The van der Waals surface area contributed by atoms with Crippen LogP contribution in [-0.2, 0) is 4.79 Å². The van der Waals surface area contributed by atoms with E-state index in [0.717, 1.165) is 0 Å². The number of rotatable bonds is 8. The highest BCUT2D eigenvalue weighted by Crippen LogP contribution is 2.25. The number of thiophene rings is 1. The van der Waals surface area contributed by atoms with Crippen molar-refractivity contribution in [3.05, 3.63) is 87.6 Å². The number of nitrogens with one attached hydrogen (secondary N) is 1. The first-order valence-corrected chi connectivity index (χ1v) is 10.9. The Morgan fingerprint density at radius 2 is 1.57 bits per heavy atom. The summed E-state index contributed by atoms with van der Waals surface area (Å²) in [6, 6.07) is 19.1. The Labute approximate surface area is 181 Å². The number of primary amides is 1. The number of carbonyl (C=O) groups is 2. The van der Waals surface area contributed by atoms with Gasteiger partial charge in [0, 0.05) is 16.8 Å². The largest absolute Gasteiger partial charge is 0.366 e. The van der Waals surface area contributed by atoms with E-state index in [1.807, 2.05) is 13.0 Å². The number of quaternary nitrogens is 1. The molecule has 0 spiro atoms. The summed E-state index contributed by atoms with van der Waals surface area (Å²) in [5, 5.41) is 7.06. The van der Waals surface area contributed by atoms with Crippen LogP contribution in [0.25, 0.3) is 0 Å². The third-order valence-corrected chi connectivity index (χ3v) is 6.10. The second kappa shape index (κ2) is 9.69. The maximum atomic E-state index is 12.8.